The van der Waals surface area contributed by atoms with E-state index in [9.17, 15) is 0 Å². The molecule has 1 aliphatic carbocycles. The molecule has 1 aliphatic rings. The van der Waals surface area contributed by atoms with Crippen LogP contribution in [0.5, 0.6) is 0 Å². The van der Waals surface area contributed by atoms with E-state index in [1.165, 1.54) is 0 Å². The van der Waals surface area contributed by atoms with Gasteiger partial charge in [-0.2, -0.15) is 0 Å². The molecule has 7 rings (SSSR count). The van der Waals surface area contributed by atoms with Crippen molar-refractivity contribution in [1.82, 2.24) is 14.5 Å². The lowest BCUT2D eigenvalue weighted by molar-refractivity contribution is 0.949. The fraction of sp³-hybridized carbons (Fsp3) is 0.0606. The first kappa shape index (κ1) is 22.8. The zero-order chi connectivity index (χ0) is 25.6. The number of benzene rings is 4. The van der Waals surface area contributed by atoms with Gasteiger partial charge in [0.2, 0.25) is 5.95 Å². The molecule has 4 aromatic carbocycles. The van der Waals surface area contributed by atoms with Gasteiger partial charge in [-0.25, -0.2) is 9.97 Å². The van der Waals surface area contributed by atoms with Crippen molar-refractivity contribution in [2.75, 3.05) is 0 Å². The lowest BCUT2D eigenvalue weighted by Gasteiger charge is -2.12. The molecule has 0 bridgehead atoms. The van der Waals surface area contributed by atoms with Gasteiger partial charge in [-0.05, 0) is 42.8 Å². The number of rotatable bonds is 3. The highest BCUT2D eigenvalue weighted by atomic mass is 79.9. The molecular formula is C33H23BrN4. The molecule has 6 aromatic rings. The van der Waals surface area contributed by atoms with Gasteiger partial charge in [-0.3, -0.25) is 9.56 Å². The number of aryl methyl sites for hydroxylation is 1. The van der Waals surface area contributed by atoms with Gasteiger partial charge in [0.15, 0.2) is 0 Å². The van der Waals surface area contributed by atoms with Crippen molar-refractivity contribution in [3.63, 3.8) is 0 Å². The Morgan fingerprint density at radius 2 is 1.58 bits per heavy atom. The highest BCUT2D eigenvalue weighted by molar-refractivity contribution is 9.10. The van der Waals surface area contributed by atoms with Crippen LogP contribution in [0.4, 0.5) is 5.69 Å². The minimum absolute atomic E-state index is 0.674. The van der Waals surface area contributed by atoms with E-state index in [0.717, 1.165) is 71.5 Å². The number of para-hydroxylation sites is 2. The largest absolute Gasteiger partial charge is 0.278 e. The molecule has 0 saturated heterocycles. The second-order valence-corrected chi connectivity index (χ2v) is 10.4. The number of hydrogen-bond acceptors (Lipinski definition) is 3. The number of halogens is 1. The Hall–Kier alpha value is -4.35. The minimum Gasteiger partial charge on any atom is -0.278 e. The van der Waals surface area contributed by atoms with E-state index in [1.807, 2.05) is 18.2 Å². The van der Waals surface area contributed by atoms with E-state index in [-0.39, 0.29) is 0 Å². The molecule has 38 heavy (non-hydrogen) atoms. The number of fused-ring (bicyclic) bond motifs is 4. The first-order chi connectivity index (χ1) is 18.7. The van der Waals surface area contributed by atoms with Crippen molar-refractivity contribution in [3.05, 3.63) is 118 Å². The summed E-state index contributed by atoms with van der Waals surface area (Å²) < 4.78 is 3.23. The van der Waals surface area contributed by atoms with E-state index >= 15 is 0 Å². The van der Waals surface area contributed by atoms with Crippen LogP contribution in [0.15, 0.2) is 107 Å². The van der Waals surface area contributed by atoms with Crippen LogP contribution in [-0.4, -0.2) is 20.2 Å². The summed E-state index contributed by atoms with van der Waals surface area (Å²) in [6, 6.07) is 33.3. The predicted octanol–water partition coefficient (Wildman–Crippen LogP) is 7.05. The molecule has 2 aromatic heterocycles. The lowest BCUT2D eigenvalue weighted by Crippen LogP contribution is -2.33. The van der Waals surface area contributed by atoms with Crippen LogP contribution in [0.3, 0.4) is 0 Å². The minimum atomic E-state index is 0.674. The van der Waals surface area contributed by atoms with Crippen molar-refractivity contribution >= 4 is 61.3 Å². The maximum Gasteiger partial charge on any atom is 0.235 e. The average molecular weight is 555 g/mol. The second kappa shape index (κ2) is 9.19. The molecule has 0 unspecified atom stereocenters. The fourth-order valence-electron chi connectivity index (χ4n) is 5.20. The Kier molecular flexibility index (Phi) is 5.52. The number of aliphatic imine (C=N–C) groups is 1. The highest BCUT2D eigenvalue weighted by Crippen LogP contribution is 2.28. The molecule has 0 amide bonds. The van der Waals surface area contributed by atoms with Crippen LogP contribution in [0.1, 0.15) is 12.0 Å². The Morgan fingerprint density at radius 1 is 0.816 bits per heavy atom. The lowest BCUT2D eigenvalue weighted by atomic mass is 10.1. The molecule has 0 spiro atoms. The summed E-state index contributed by atoms with van der Waals surface area (Å²) in [5.74, 6) is 0.674. The van der Waals surface area contributed by atoms with Crippen LogP contribution < -0.4 is 10.6 Å². The SMILES string of the molecule is Cc1ccc(Br)cc1N=C1C=c2c(n(-c3nc(-c4ccccc4)c4ccccc4n3)c3ccccc23)=CC1. The molecule has 0 N–H and O–H groups in total. The molecular weight excluding hydrogens is 532 g/mol. The van der Waals surface area contributed by atoms with Gasteiger partial charge in [0, 0.05) is 38.2 Å². The third kappa shape index (κ3) is 3.87. The molecule has 0 fully saturated rings. The maximum atomic E-state index is 5.16. The monoisotopic (exact) mass is 554 g/mol. The summed E-state index contributed by atoms with van der Waals surface area (Å²) in [6.07, 6.45) is 5.20. The molecule has 0 atom stereocenters. The van der Waals surface area contributed by atoms with E-state index in [0.29, 0.717) is 5.95 Å². The van der Waals surface area contributed by atoms with Crippen LogP contribution in [-0.2, 0) is 0 Å². The Labute approximate surface area is 228 Å². The molecule has 2 heterocycles. The van der Waals surface area contributed by atoms with Gasteiger partial charge in [-0.1, -0.05) is 94.8 Å². The summed E-state index contributed by atoms with van der Waals surface area (Å²) in [5.41, 5.74) is 7.19. The first-order valence-electron chi connectivity index (χ1n) is 12.6. The summed E-state index contributed by atoms with van der Waals surface area (Å²) >= 11 is 3.58. The first-order valence-corrected chi connectivity index (χ1v) is 13.4. The van der Waals surface area contributed by atoms with E-state index in [4.69, 9.17) is 15.0 Å². The number of aromatic nitrogens is 3. The van der Waals surface area contributed by atoms with Crippen molar-refractivity contribution in [1.29, 1.82) is 0 Å². The van der Waals surface area contributed by atoms with Crippen LogP contribution in [0.25, 0.3) is 51.2 Å². The molecule has 182 valence electrons. The Bertz CT molecular complexity index is 2020. The summed E-state index contributed by atoms with van der Waals surface area (Å²) in [6.45, 7) is 2.09. The zero-order valence-corrected chi connectivity index (χ0v) is 22.4. The van der Waals surface area contributed by atoms with E-state index < -0.39 is 0 Å². The van der Waals surface area contributed by atoms with Gasteiger partial charge in [0.05, 0.1) is 27.8 Å². The number of hydrogen-bond donors (Lipinski definition) is 0. The molecule has 0 aliphatic heterocycles. The van der Waals surface area contributed by atoms with Gasteiger partial charge >= 0.3 is 0 Å². The normalized spacial score (nSPS) is 13.9. The highest BCUT2D eigenvalue weighted by Gasteiger charge is 2.17. The quantitative estimate of drug-likeness (QED) is 0.235. The second-order valence-electron chi connectivity index (χ2n) is 9.49. The fourth-order valence-corrected chi connectivity index (χ4v) is 5.54. The predicted molar refractivity (Wildman–Crippen MR) is 161 cm³/mol. The van der Waals surface area contributed by atoms with E-state index in [1.54, 1.807) is 0 Å². The molecule has 4 nitrogen and oxygen atoms in total. The van der Waals surface area contributed by atoms with Gasteiger partial charge in [0.25, 0.3) is 0 Å². The summed E-state index contributed by atoms with van der Waals surface area (Å²) in [4.78, 5) is 15.2. The van der Waals surface area contributed by atoms with Crippen LogP contribution >= 0.6 is 15.9 Å². The molecule has 0 saturated carbocycles. The summed E-state index contributed by atoms with van der Waals surface area (Å²) in [5, 5.41) is 4.46. The Morgan fingerprint density at radius 3 is 2.45 bits per heavy atom. The molecule has 5 heteroatoms. The van der Waals surface area contributed by atoms with Crippen molar-refractivity contribution in [3.8, 4) is 17.2 Å². The topological polar surface area (TPSA) is 43.1 Å². The van der Waals surface area contributed by atoms with Crippen molar-refractivity contribution < 1.29 is 0 Å². The number of nitrogens with zero attached hydrogens (tertiary/aromatic N) is 4. The average Bonchev–Trinajstić information content (AvgIpc) is 3.29. The third-order valence-electron chi connectivity index (χ3n) is 7.04. The third-order valence-corrected chi connectivity index (χ3v) is 7.53. The van der Waals surface area contributed by atoms with E-state index in [2.05, 4.69) is 118 Å². The van der Waals surface area contributed by atoms with Gasteiger partial charge in [0.1, 0.15) is 0 Å². The molecule has 0 radical (unpaired) electrons. The van der Waals surface area contributed by atoms with Gasteiger partial charge in [-0.15, -0.1) is 0 Å². The smallest absolute Gasteiger partial charge is 0.235 e. The Balaban J connectivity index is 1.49. The summed E-state index contributed by atoms with van der Waals surface area (Å²) in [7, 11) is 0. The van der Waals surface area contributed by atoms with Crippen LogP contribution in [0.2, 0.25) is 0 Å². The van der Waals surface area contributed by atoms with Gasteiger partial charge < -0.3 is 0 Å². The zero-order valence-electron chi connectivity index (χ0n) is 20.8. The maximum absolute atomic E-state index is 5.16. The van der Waals surface area contributed by atoms with Crippen molar-refractivity contribution in [2.45, 2.75) is 13.3 Å². The standard InChI is InChI=1S/C33H23BrN4/c1-21-15-16-23(34)19-29(21)35-24-17-18-31-27(20-24)25-11-6-8-14-30(25)38(31)33-36-28-13-7-5-12-26(28)32(37-33)22-9-3-2-4-10-22/h2-16,18-20H,17H2,1H3. The van der Waals surface area contributed by atoms with Crippen LogP contribution in [0, 0.1) is 6.92 Å². The van der Waals surface area contributed by atoms with Crippen molar-refractivity contribution in [2.24, 2.45) is 4.99 Å².